The smallest absolute Gasteiger partial charge is 0.00469 e. The summed E-state index contributed by atoms with van der Waals surface area (Å²) in [5.41, 5.74) is 5.61. The molecule has 1 aromatic rings. The number of benzene rings is 1. The Morgan fingerprint density at radius 2 is 1.57 bits per heavy atom. The molecule has 2 aliphatic rings. The minimum absolute atomic E-state index is 0.511. The summed E-state index contributed by atoms with van der Waals surface area (Å²) in [4.78, 5) is 0. The Bertz CT molecular complexity index is 563. The van der Waals surface area contributed by atoms with Crippen molar-refractivity contribution >= 4 is 0 Å². The third-order valence-electron chi connectivity index (χ3n) is 7.93. The van der Waals surface area contributed by atoms with Crippen molar-refractivity contribution in [2.75, 3.05) is 0 Å². The zero-order chi connectivity index (χ0) is 19.7. The molecular formula is C28H46. The minimum atomic E-state index is 0.511. The van der Waals surface area contributed by atoms with E-state index >= 15 is 0 Å². The molecule has 0 heterocycles. The van der Waals surface area contributed by atoms with E-state index in [1.807, 2.05) is 0 Å². The summed E-state index contributed by atoms with van der Waals surface area (Å²) in [6.45, 7) is 4.65. The second-order valence-corrected chi connectivity index (χ2v) is 10.1. The zero-order valence-corrected chi connectivity index (χ0v) is 19.0. The van der Waals surface area contributed by atoms with Crippen LogP contribution in [0.5, 0.6) is 0 Å². The normalized spacial score (nSPS) is 21.4. The first-order valence-corrected chi connectivity index (χ1v) is 12.9. The lowest BCUT2D eigenvalue weighted by Crippen LogP contribution is -2.29. The first kappa shape index (κ1) is 21.9. The van der Waals surface area contributed by atoms with Crippen molar-refractivity contribution < 1.29 is 0 Å². The SMILES string of the molecule is CCCCCCCCC1(c2ccc3c(c2)CCC(CCCC)C3)CCCCC1. The Balaban J connectivity index is 1.64. The molecule has 0 nitrogen and oxygen atoms in total. The average molecular weight is 383 g/mol. The van der Waals surface area contributed by atoms with Gasteiger partial charge < -0.3 is 0 Å². The molecule has 1 atom stereocenters. The van der Waals surface area contributed by atoms with Crippen molar-refractivity contribution in [3.8, 4) is 0 Å². The summed E-state index contributed by atoms with van der Waals surface area (Å²) in [6.07, 6.45) is 25.6. The highest BCUT2D eigenvalue weighted by molar-refractivity contribution is 5.38. The van der Waals surface area contributed by atoms with E-state index < -0.39 is 0 Å². The summed E-state index contributed by atoms with van der Waals surface area (Å²) in [5, 5.41) is 0. The molecular weight excluding hydrogens is 336 g/mol. The molecule has 158 valence electrons. The highest BCUT2D eigenvalue weighted by atomic mass is 14.4. The van der Waals surface area contributed by atoms with E-state index in [0.29, 0.717) is 5.41 Å². The van der Waals surface area contributed by atoms with Gasteiger partial charge in [-0.15, -0.1) is 0 Å². The summed E-state index contributed by atoms with van der Waals surface area (Å²) in [6, 6.07) is 7.78. The third-order valence-corrected chi connectivity index (χ3v) is 7.93. The summed E-state index contributed by atoms with van der Waals surface area (Å²) in [5.74, 6) is 0.949. The van der Waals surface area contributed by atoms with E-state index in [2.05, 4.69) is 32.0 Å². The molecule has 0 amide bonds. The fraction of sp³-hybridized carbons (Fsp3) is 0.786. The fourth-order valence-corrected chi connectivity index (χ4v) is 6.05. The van der Waals surface area contributed by atoms with Gasteiger partial charge in [0.15, 0.2) is 0 Å². The molecule has 0 saturated heterocycles. The van der Waals surface area contributed by atoms with Crippen LogP contribution >= 0.6 is 0 Å². The fourth-order valence-electron chi connectivity index (χ4n) is 6.05. The van der Waals surface area contributed by atoms with Crippen LogP contribution in [0, 0.1) is 5.92 Å². The Kier molecular flexibility index (Phi) is 8.94. The summed E-state index contributed by atoms with van der Waals surface area (Å²) >= 11 is 0. The summed E-state index contributed by atoms with van der Waals surface area (Å²) < 4.78 is 0. The van der Waals surface area contributed by atoms with Crippen LogP contribution in [0.25, 0.3) is 0 Å². The molecule has 0 N–H and O–H groups in total. The van der Waals surface area contributed by atoms with E-state index in [1.165, 1.54) is 116 Å². The van der Waals surface area contributed by atoms with Gasteiger partial charge in [-0.25, -0.2) is 0 Å². The first-order valence-electron chi connectivity index (χ1n) is 12.9. The van der Waals surface area contributed by atoms with Crippen LogP contribution in [0.1, 0.15) is 133 Å². The zero-order valence-electron chi connectivity index (χ0n) is 19.0. The van der Waals surface area contributed by atoms with E-state index in [4.69, 9.17) is 0 Å². The van der Waals surface area contributed by atoms with Crippen LogP contribution in [-0.4, -0.2) is 0 Å². The van der Waals surface area contributed by atoms with E-state index in [0.717, 1.165) is 5.92 Å². The first-order chi connectivity index (χ1) is 13.8. The minimum Gasteiger partial charge on any atom is -0.0654 e. The van der Waals surface area contributed by atoms with Gasteiger partial charge in [-0.2, -0.15) is 0 Å². The Morgan fingerprint density at radius 1 is 0.821 bits per heavy atom. The van der Waals surface area contributed by atoms with Gasteiger partial charge in [-0.05, 0) is 66.5 Å². The van der Waals surface area contributed by atoms with Crippen molar-refractivity contribution in [3.05, 3.63) is 34.9 Å². The highest BCUT2D eigenvalue weighted by Gasteiger charge is 2.34. The lowest BCUT2D eigenvalue weighted by atomic mass is 9.65. The van der Waals surface area contributed by atoms with Gasteiger partial charge >= 0.3 is 0 Å². The highest BCUT2D eigenvalue weighted by Crippen LogP contribution is 2.44. The van der Waals surface area contributed by atoms with Crippen molar-refractivity contribution in [3.63, 3.8) is 0 Å². The van der Waals surface area contributed by atoms with Crippen LogP contribution in [0.2, 0.25) is 0 Å². The van der Waals surface area contributed by atoms with E-state index in [1.54, 1.807) is 16.7 Å². The standard InChI is InChI=1S/C28H46/c1-3-5-7-8-9-11-19-28(20-12-10-13-21-28)27-18-17-25-22-24(14-6-4-2)15-16-26(25)23-27/h17-18,23-24H,3-16,19-22H2,1-2H3. The maximum Gasteiger partial charge on any atom is -0.00469 e. The molecule has 0 radical (unpaired) electrons. The lowest BCUT2D eigenvalue weighted by Gasteiger charge is -2.39. The van der Waals surface area contributed by atoms with Crippen LogP contribution in [-0.2, 0) is 18.3 Å². The third kappa shape index (κ3) is 5.87. The van der Waals surface area contributed by atoms with Crippen molar-refractivity contribution in [1.29, 1.82) is 0 Å². The predicted molar refractivity (Wildman–Crippen MR) is 124 cm³/mol. The molecule has 0 spiro atoms. The number of rotatable bonds is 11. The van der Waals surface area contributed by atoms with Gasteiger partial charge in [-0.1, -0.05) is 109 Å². The van der Waals surface area contributed by atoms with Gasteiger partial charge in [0.2, 0.25) is 0 Å². The van der Waals surface area contributed by atoms with Gasteiger partial charge in [0.1, 0.15) is 0 Å². The number of aryl methyl sites for hydroxylation is 1. The van der Waals surface area contributed by atoms with Gasteiger partial charge in [0.25, 0.3) is 0 Å². The molecule has 0 aromatic heterocycles. The van der Waals surface area contributed by atoms with Crippen LogP contribution < -0.4 is 0 Å². The Labute approximate surface area is 175 Å². The largest absolute Gasteiger partial charge is 0.0654 e. The Morgan fingerprint density at radius 3 is 2.36 bits per heavy atom. The van der Waals surface area contributed by atoms with Crippen LogP contribution in [0.4, 0.5) is 0 Å². The van der Waals surface area contributed by atoms with Crippen molar-refractivity contribution in [2.45, 2.75) is 135 Å². The molecule has 1 saturated carbocycles. The molecule has 3 rings (SSSR count). The van der Waals surface area contributed by atoms with Crippen LogP contribution in [0.3, 0.4) is 0 Å². The molecule has 0 aliphatic heterocycles. The average Bonchev–Trinajstić information content (AvgIpc) is 2.75. The van der Waals surface area contributed by atoms with E-state index in [9.17, 15) is 0 Å². The van der Waals surface area contributed by atoms with Crippen LogP contribution in [0.15, 0.2) is 18.2 Å². The number of unbranched alkanes of at least 4 members (excludes halogenated alkanes) is 6. The van der Waals surface area contributed by atoms with Gasteiger partial charge in [0, 0.05) is 0 Å². The van der Waals surface area contributed by atoms with Gasteiger partial charge in [0.05, 0.1) is 0 Å². The maximum atomic E-state index is 2.67. The van der Waals surface area contributed by atoms with Crippen molar-refractivity contribution in [2.24, 2.45) is 5.92 Å². The predicted octanol–water partition coefficient (Wildman–Crippen LogP) is 8.93. The molecule has 0 bridgehead atoms. The van der Waals surface area contributed by atoms with Gasteiger partial charge in [-0.3, -0.25) is 0 Å². The number of hydrogen-bond donors (Lipinski definition) is 0. The molecule has 28 heavy (non-hydrogen) atoms. The number of hydrogen-bond acceptors (Lipinski definition) is 0. The van der Waals surface area contributed by atoms with E-state index in [-0.39, 0.29) is 0 Å². The second-order valence-electron chi connectivity index (χ2n) is 10.1. The molecule has 1 unspecified atom stereocenters. The molecule has 1 fully saturated rings. The number of fused-ring (bicyclic) bond motifs is 1. The maximum absolute atomic E-state index is 2.67. The van der Waals surface area contributed by atoms with Crippen molar-refractivity contribution in [1.82, 2.24) is 0 Å². The monoisotopic (exact) mass is 382 g/mol. The lowest BCUT2D eigenvalue weighted by molar-refractivity contribution is 0.264. The summed E-state index contributed by atoms with van der Waals surface area (Å²) in [7, 11) is 0. The molecule has 1 aromatic carbocycles. The Hall–Kier alpha value is -0.780. The topological polar surface area (TPSA) is 0 Å². The molecule has 0 heteroatoms. The quantitative estimate of drug-likeness (QED) is 0.335. The second kappa shape index (κ2) is 11.4. The molecule has 2 aliphatic carbocycles.